The van der Waals surface area contributed by atoms with Crippen molar-refractivity contribution in [3.63, 3.8) is 0 Å². The van der Waals surface area contributed by atoms with Gasteiger partial charge in [0.2, 0.25) is 5.91 Å². The number of benzene rings is 3. The molecule has 0 aromatic heterocycles. The predicted octanol–water partition coefficient (Wildman–Crippen LogP) is 7.88. The zero-order chi connectivity index (χ0) is 25.5. The van der Waals surface area contributed by atoms with Crippen molar-refractivity contribution < 1.29 is 9.59 Å². The lowest BCUT2D eigenvalue weighted by atomic mass is 10.1. The number of hydrogen-bond acceptors (Lipinski definition) is 3. The van der Waals surface area contributed by atoms with Gasteiger partial charge in [-0.2, -0.15) is 0 Å². The molecule has 0 heterocycles. The first kappa shape index (κ1) is 26.1. The van der Waals surface area contributed by atoms with Crippen molar-refractivity contribution in [3.8, 4) is 0 Å². The maximum Gasteiger partial charge on any atom is 0.257 e. The van der Waals surface area contributed by atoms with Gasteiger partial charge in [-0.1, -0.05) is 29.3 Å². The SMILES string of the molecule is CNc1ccc(NC(=O)c2cc(NC(=O)[C@@H]3[C@@H](c4ccc(Br)c(Cl)c4)C3(Cl)Cl)ccc2Cl)c(C)c1. The molecule has 3 aromatic rings. The van der Waals surface area contributed by atoms with Gasteiger partial charge in [-0.3, -0.25) is 9.59 Å². The Morgan fingerprint density at radius 3 is 2.29 bits per heavy atom. The Labute approximate surface area is 231 Å². The van der Waals surface area contributed by atoms with E-state index in [1.807, 2.05) is 32.2 Å². The van der Waals surface area contributed by atoms with Crippen LogP contribution in [0.2, 0.25) is 10.0 Å². The Morgan fingerprint density at radius 2 is 1.63 bits per heavy atom. The summed E-state index contributed by atoms with van der Waals surface area (Å²) in [7, 11) is 1.82. The molecule has 0 aliphatic heterocycles. The highest BCUT2D eigenvalue weighted by atomic mass is 79.9. The largest absolute Gasteiger partial charge is 0.388 e. The Bertz CT molecular complexity index is 1330. The minimum Gasteiger partial charge on any atom is -0.388 e. The fraction of sp³-hybridized carbons (Fsp3) is 0.200. The molecule has 0 bridgehead atoms. The third-order valence-electron chi connectivity index (χ3n) is 5.88. The molecule has 0 spiro atoms. The van der Waals surface area contributed by atoms with Crippen molar-refractivity contribution in [2.24, 2.45) is 5.92 Å². The van der Waals surface area contributed by atoms with E-state index in [1.165, 1.54) is 6.07 Å². The third-order valence-corrected chi connectivity index (χ3v) is 8.38. The molecule has 3 N–H and O–H groups in total. The number of hydrogen-bond donors (Lipinski definition) is 3. The molecule has 1 saturated carbocycles. The average Bonchev–Trinajstić information content (AvgIpc) is 3.40. The molecule has 0 radical (unpaired) electrons. The summed E-state index contributed by atoms with van der Waals surface area (Å²) in [6.45, 7) is 1.89. The normalized spacial score (nSPS) is 18.0. The minimum atomic E-state index is -1.27. The van der Waals surface area contributed by atoms with Crippen LogP contribution in [0.3, 0.4) is 0 Å². The van der Waals surface area contributed by atoms with Crippen LogP contribution in [-0.4, -0.2) is 23.2 Å². The van der Waals surface area contributed by atoms with Gasteiger partial charge in [0.15, 0.2) is 0 Å². The fourth-order valence-corrected chi connectivity index (χ4v) is 5.39. The van der Waals surface area contributed by atoms with Crippen molar-refractivity contribution in [2.45, 2.75) is 17.2 Å². The summed E-state index contributed by atoms with van der Waals surface area (Å²) >= 11 is 28.7. The van der Waals surface area contributed by atoms with Gasteiger partial charge in [-0.05, 0) is 82.5 Å². The van der Waals surface area contributed by atoms with E-state index in [0.29, 0.717) is 16.4 Å². The van der Waals surface area contributed by atoms with E-state index in [4.69, 9.17) is 46.4 Å². The van der Waals surface area contributed by atoms with Crippen molar-refractivity contribution in [2.75, 3.05) is 23.0 Å². The zero-order valence-corrected chi connectivity index (χ0v) is 23.2. The number of carbonyl (C=O) groups is 2. The van der Waals surface area contributed by atoms with E-state index in [2.05, 4.69) is 31.9 Å². The van der Waals surface area contributed by atoms with Crippen LogP contribution < -0.4 is 16.0 Å². The smallest absolute Gasteiger partial charge is 0.257 e. The van der Waals surface area contributed by atoms with Crippen LogP contribution in [0.5, 0.6) is 0 Å². The van der Waals surface area contributed by atoms with E-state index in [0.717, 1.165) is 21.3 Å². The van der Waals surface area contributed by atoms with Crippen molar-refractivity contribution in [1.82, 2.24) is 0 Å². The number of carbonyl (C=O) groups excluding carboxylic acids is 2. The second-order valence-electron chi connectivity index (χ2n) is 8.22. The lowest BCUT2D eigenvalue weighted by Gasteiger charge is -2.12. The maximum atomic E-state index is 13.0. The first-order valence-corrected chi connectivity index (χ1v) is 12.9. The molecular formula is C25H20BrCl4N3O2. The quantitative estimate of drug-likeness (QED) is 0.247. The molecule has 4 rings (SSSR count). The number of amides is 2. The van der Waals surface area contributed by atoms with E-state index >= 15 is 0 Å². The Kier molecular flexibility index (Phi) is 7.60. The maximum absolute atomic E-state index is 13.0. The molecule has 1 aliphatic rings. The Balaban J connectivity index is 1.50. The lowest BCUT2D eigenvalue weighted by Crippen LogP contribution is -2.18. The van der Waals surface area contributed by atoms with Crippen LogP contribution >= 0.6 is 62.3 Å². The summed E-state index contributed by atoms with van der Waals surface area (Å²) in [4.78, 5) is 26.0. The molecule has 1 aliphatic carbocycles. The van der Waals surface area contributed by atoms with Crippen LogP contribution in [0.4, 0.5) is 17.1 Å². The standard InChI is InChI=1S/C25H20BrCl4N3O2/c1-12-9-14(31-2)5-8-20(12)33-23(34)16-11-15(4-7-18(16)27)32-24(35)22-21(25(22,29)30)13-3-6-17(26)19(28)10-13/h3-11,21-22,31H,1-2H3,(H,32,35)(H,33,34)/t21-,22+/m1/s1. The number of anilines is 3. The molecule has 3 aromatic carbocycles. The molecular weight excluding hydrogens is 596 g/mol. The van der Waals surface area contributed by atoms with Crippen LogP contribution in [0.1, 0.15) is 27.4 Å². The number of aryl methyl sites for hydroxylation is 1. The first-order valence-electron chi connectivity index (χ1n) is 10.6. The van der Waals surface area contributed by atoms with Gasteiger partial charge in [0.05, 0.1) is 21.5 Å². The highest BCUT2D eigenvalue weighted by molar-refractivity contribution is 9.10. The topological polar surface area (TPSA) is 70.2 Å². The van der Waals surface area contributed by atoms with Gasteiger partial charge in [0.1, 0.15) is 4.33 Å². The molecule has 2 amide bonds. The monoisotopic (exact) mass is 613 g/mol. The van der Waals surface area contributed by atoms with Gasteiger partial charge in [0.25, 0.3) is 5.91 Å². The van der Waals surface area contributed by atoms with E-state index in [-0.39, 0.29) is 16.5 Å². The predicted molar refractivity (Wildman–Crippen MR) is 149 cm³/mol. The summed E-state index contributed by atoms with van der Waals surface area (Å²) in [5, 5.41) is 9.47. The summed E-state index contributed by atoms with van der Waals surface area (Å²) < 4.78 is -0.537. The number of halogens is 5. The van der Waals surface area contributed by atoms with E-state index in [1.54, 1.807) is 30.3 Å². The molecule has 0 unspecified atom stereocenters. The molecule has 10 heteroatoms. The van der Waals surface area contributed by atoms with Gasteiger partial charge in [0, 0.05) is 34.5 Å². The third kappa shape index (κ3) is 5.42. The van der Waals surface area contributed by atoms with Crippen molar-refractivity contribution in [3.05, 3.63) is 85.8 Å². The first-order chi connectivity index (χ1) is 16.5. The zero-order valence-electron chi connectivity index (χ0n) is 18.6. The van der Waals surface area contributed by atoms with Gasteiger partial charge >= 0.3 is 0 Å². The highest BCUT2D eigenvalue weighted by Gasteiger charge is 2.67. The van der Waals surface area contributed by atoms with Gasteiger partial charge in [-0.25, -0.2) is 0 Å². The summed E-state index contributed by atoms with van der Waals surface area (Å²) in [5.74, 6) is -1.88. The van der Waals surface area contributed by atoms with Crippen molar-refractivity contribution >= 4 is 91.2 Å². The van der Waals surface area contributed by atoms with Crippen LogP contribution in [0.15, 0.2) is 59.1 Å². The number of rotatable bonds is 6. The lowest BCUT2D eigenvalue weighted by molar-refractivity contribution is -0.117. The molecule has 2 atom stereocenters. The highest BCUT2D eigenvalue weighted by Crippen LogP contribution is 2.65. The molecule has 5 nitrogen and oxygen atoms in total. The van der Waals surface area contributed by atoms with E-state index < -0.39 is 22.1 Å². The van der Waals surface area contributed by atoms with Crippen LogP contribution in [-0.2, 0) is 4.79 Å². The summed E-state index contributed by atoms with van der Waals surface area (Å²) in [6, 6.07) is 15.6. The number of alkyl halides is 2. The second-order valence-corrected chi connectivity index (χ2v) is 11.3. The fourth-order valence-electron chi connectivity index (χ4n) is 3.92. The second kappa shape index (κ2) is 10.2. The molecule has 0 saturated heterocycles. The average molecular weight is 616 g/mol. The Hall–Kier alpha value is -1.96. The van der Waals surface area contributed by atoms with Crippen LogP contribution in [0.25, 0.3) is 0 Å². The molecule has 182 valence electrons. The van der Waals surface area contributed by atoms with Crippen LogP contribution in [0, 0.1) is 12.8 Å². The summed E-state index contributed by atoms with van der Waals surface area (Å²) in [6.07, 6.45) is 0. The summed E-state index contributed by atoms with van der Waals surface area (Å²) in [5.41, 5.74) is 3.86. The van der Waals surface area contributed by atoms with E-state index in [9.17, 15) is 9.59 Å². The number of nitrogens with one attached hydrogen (secondary N) is 3. The van der Waals surface area contributed by atoms with Gasteiger partial charge < -0.3 is 16.0 Å². The molecule has 1 fully saturated rings. The molecule has 35 heavy (non-hydrogen) atoms. The minimum absolute atomic E-state index is 0.219. The Morgan fingerprint density at radius 1 is 0.914 bits per heavy atom. The van der Waals surface area contributed by atoms with Crippen molar-refractivity contribution in [1.29, 1.82) is 0 Å². The van der Waals surface area contributed by atoms with Gasteiger partial charge in [-0.15, -0.1) is 23.2 Å².